The summed E-state index contributed by atoms with van der Waals surface area (Å²) < 4.78 is 2.30. The Morgan fingerprint density at radius 1 is 1.12 bits per heavy atom. The van der Waals surface area contributed by atoms with Crippen LogP contribution in [-0.4, -0.2) is 35.0 Å². The van der Waals surface area contributed by atoms with Gasteiger partial charge in [-0.15, -0.1) is 0 Å². The molecule has 2 saturated heterocycles. The highest BCUT2D eigenvalue weighted by molar-refractivity contribution is 5.80. The average molecular weight is 339 g/mol. The summed E-state index contributed by atoms with van der Waals surface area (Å²) in [6.07, 6.45) is 7.59. The van der Waals surface area contributed by atoms with Crippen LogP contribution in [0.2, 0.25) is 0 Å². The fraction of sp³-hybridized carbons (Fsp3) is 0.571. The van der Waals surface area contributed by atoms with Gasteiger partial charge in [0.25, 0.3) is 0 Å². The molecule has 2 aliphatic rings. The predicted octanol–water partition coefficient (Wildman–Crippen LogP) is 3.54. The molecule has 0 bridgehead atoms. The first kappa shape index (κ1) is 16.6. The van der Waals surface area contributed by atoms with Crippen LogP contribution in [0.25, 0.3) is 10.9 Å². The molecule has 1 aromatic heterocycles. The third-order valence-electron chi connectivity index (χ3n) is 6.36. The lowest BCUT2D eigenvalue weighted by Gasteiger charge is -2.41. The number of amides is 1. The molecule has 3 heterocycles. The van der Waals surface area contributed by atoms with Crippen molar-refractivity contribution in [3.63, 3.8) is 0 Å². The quantitative estimate of drug-likeness (QED) is 0.929. The van der Waals surface area contributed by atoms with Crippen molar-refractivity contribution in [3.8, 4) is 0 Å². The third-order valence-corrected chi connectivity index (χ3v) is 6.36. The number of benzene rings is 1. The van der Waals surface area contributed by atoms with Crippen molar-refractivity contribution < 1.29 is 4.79 Å². The second kappa shape index (κ2) is 6.83. The Morgan fingerprint density at radius 2 is 1.96 bits per heavy atom. The van der Waals surface area contributed by atoms with Crippen molar-refractivity contribution in [2.75, 3.05) is 19.6 Å². The molecule has 2 aliphatic heterocycles. The molecule has 4 rings (SSSR count). The summed E-state index contributed by atoms with van der Waals surface area (Å²) >= 11 is 0. The molecule has 0 atom stereocenters. The number of rotatable bonds is 3. The van der Waals surface area contributed by atoms with Gasteiger partial charge in [-0.1, -0.05) is 6.07 Å². The molecule has 1 spiro atoms. The van der Waals surface area contributed by atoms with Crippen LogP contribution in [0.15, 0.2) is 30.5 Å². The first-order valence-electron chi connectivity index (χ1n) is 9.74. The smallest absolute Gasteiger partial charge is 0.220 e. The van der Waals surface area contributed by atoms with Gasteiger partial charge in [-0.3, -0.25) is 9.69 Å². The van der Waals surface area contributed by atoms with Gasteiger partial charge in [0.05, 0.1) is 0 Å². The Balaban J connectivity index is 1.39. The van der Waals surface area contributed by atoms with Crippen LogP contribution < -0.4 is 5.32 Å². The molecule has 1 amide bonds. The van der Waals surface area contributed by atoms with Crippen LogP contribution in [0.5, 0.6) is 0 Å². The largest absolute Gasteiger partial charge is 0.356 e. The van der Waals surface area contributed by atoms with Gasteiger partial charge in [0.15, 0.2) is 0 Å². The minimum atomic E-state index is 0.242. The van der Waals surface area contributed by atoms with Crippen LogP contribution in [0.3, 0.4) is 0 Å². The van der Waals surface area contributed by atoms with E-state index in [0.717, 1.165) is 45.6 Å². The molecular weight excluding hydrogens is 310 g/mol. The molecule has 0 unspecified atom stereocenters. The summed E-state index contributed by atoms with van der Waals surface area (Å²) in [6, 6.07) is 9.12. The van der Waals surface area contributed by atoms with Gasteiger partial charge in [0.1, 0.15) is 0 Å². The van der Waals surface area contributed by atoms with Gasteiger partial charge in [-0.05, 0) is 80.3 Å². The molecule has 1 N–H and O–H groups in total. The van der Waals surface area contributed by atoms with E-state index in [9.17, 15) is 4.79 Å². The summed E-state index contributed by atoms with van der Waals surface area (Å²) in [5.41, 5.74) is 3.15. The number of fused-ring (bicyclic) bond motifs is 1. The Morgan fingerprint density at radius 3 is 2.76 bits per heavy atom. The van der Waals surface area contributed by atoms with Crippen molar-refractivity contribution in [1.29, 1.82) is 0 Å². The summed E-state index contributed by atoms with van der Waals surface area (Å²) in [7, 11) is 0. The topological polar surface area (TPSA) is 37.3 Å². The Kier molecular flexibility index (Phi) is 4.55. The zero-order valence-corrected chi connectivity index (χ0v) is 15.3. The fourth-order valence-electron chi connectivity index (χ4n) is 4.63. The second-order valence-corrected chi connectivity index (χ2v) is 7.87. The maximum atomic E-state index is 11.6. The van der Waals surface area contributed by atoms with Crippen LogP contribution in [0.4, 0.5) is 0 Å². The molecule has 25 heavy (non-hydrogen) atoms. The molecule has 134 valence electrons. The van der Waals surface area contributed by atoms with Crippen molar-refractivity contribution in [3.05, 3.63) is 36.0 Å². The molecule has 2 fully saturated rings. The van der Waals surface area contributed by atoms with Crippen LogP contribution in [0, 0.1) is 5.41 Å². The van der Waals surface area contributed by atoms with E-state index in [0.29, 0.717) is 11.8 Å². The van der Waals surface area contributed by atoms with Crippen LogP contribution in [-0.2, 0) is 17.9 Å². The minimum Gasteiger partial charge on any atom is -0.356 e. The summed E-state index contributed by atoms with van der Waals surface area (Å²) in [5.74, 6) is 0.242. The van der Waals surface area contributed by atoms with E-state index >= 15 is 0 Å². The minimum absolute atomic E-state index is 0.242. The highest BCUT2D eigenvalue weighted by Crippen LogP contribution is 2.40. The van der Waals surface area contributed by atoms with Crippen LogP contribution in [0.1, 0.15) is 44.6 Å². The number of likely N-dealkylation sites (tertiary alicyclic amines) is 1. The second-order valence-electron chi connectivity index (χ2n) is 7.87. The van der Waals surface area contributed by atoms with Crippen molar-refractivity contribution in [2.45, 2.75) is 52.1 Å². The van der Waals surface area contributed by atoms with E-state index in [4.69, 9.17) is 0 Å². The van der Waals surface area contributed by atoms with E-state index in [-0.39, 0.29) is 5.91 Å². The Bertz CT molecular complexity index is 756. The van der Waals surface area contributed by atoms with Gasteiger partial charge in [-0.2, -0.15) is 0 Å². The van der Waals surface area contributed by atoms with E-state index in [1.165, 1.54) is 29.3 Å². The van der Waals surface area contributed by atoms with Gasteiger partial charge >= 0.3 is 0 Å². The third kappa shape index (κ3) is 3.45. The number of piperidine rings is 1. The maximum absolute atomic E-state index is 11.6. The fourth-order valence-corrected chi connectivity index (χ4v) is 4.63. The number of aromatic nitrogens is 1. The lowest BCUT2D eigenvalue weighted by atomic mass is 9.73. The van der Waals surface area contributed by atoms with Gasteiger partial charge in [0, 0.05) is 37.8 Å². The Labute approximate surface area is 150 Å². The number of hydrogen-bond acceptors (Lipinski definition) is 2. The monoisotopic (exact) mass is 339 g/mol. The van der Waals surface area contributed by atoms with E-state index in [1.807, 2.05) is 0 Å². The van der Waals surface area contributed by atoms with E-state index in [2.05, 4.69) is 52.2 Å². The molecule has 2 aromatic rings. The summed E-state index contributed by atoms with van der Waals surface area (Å²) in [6.45, 7) is 7.43. The molecular formula is C21H29N3O. The number of nitrogens with one attached hydrogen (secondary N) is 1. The lowest BCUT2D eigenvalue weighted by molar-refractivity contribution is -0.121. The van der Waals surface area contributed by atoms with Crippen molar-refractivity contribution in [1.82, 2.24) is 14.8 Å². The summed E-state index contributed by atoms with van der Waals surface area (Å²) in [4.78, 5) is 14.2. The van der Waals surface area contributed by atoms with Gasteiger partial charge < -0.3 is 9.88 Å². The molecule has 0 radical (unpaired) electrons. The van der Waals surface area contributed by atoms with Crippen molar-refractivity contribution in [2.24, 2.45) is 5.41 Å². The Hall–Kier alpha value is -1.81. The zero-order valence-electron chi connectivity index (χ0n) is 15.3. The first-order chi connectivity index (χ1) is 12.2. The molecule has 1 aromatic carbocycles. The molecule has 4 nitrogen and oxygen atoms in total. The summed E-state index contributed by atoms with van der Waals surface area (Å²) in [5, 5.41) is 4.38. The number of hydrogen-bond donors (Lipinski definition) is 1. The van der Waals surface area contributed by atoms with Gasteiger partial charge in [0.2, 0.25) is 5.91 Å². The SMILES string of the molecule is CCn1ccc2cc(CN3CCC4(CCNC(=O)CC4)CC3)ccc21. The number of carbonyl (C=O) groups excluding carboxylic acids is 1. The lowest BCUT2D eigenvalue weighted by Crippen LogP contribution is -2.40. The normalized spacial score (nSPS) is 21.4. The number of carbonyl (C=O) groups is 1. The van der Waals surface area contributed by atoms with Gasteiger partial charge in [-0.25, -0.2) is 0 Å². The first-order valence-corrected chi connectivity index (χ1v) is 9.74. The standard InChI is InChI=1S/C21H29N3O/c1-2-24-12-6-18-15-17(3-4-19(18)24)16-23-13-9-21(10-14-23)7-5-20(25)22-11-8-21/h3-4,6,12,15H,2,5,7-11,13-14,16H2,1H3,(H,22,25). The molecule has 0 saturated carbocycles. The van der Waals surface area contributed by atoms with E-state index < -0.39 is 0 Å². The maximum Gasteiger partial charge on any atom is 0.220 e. The highest BCUT2D eigenvalue weighted by Gasteiger charge is 2.35. The van der Waals surface area contributed by atoms with E-state index in [1.54, 1.807) is 0 Å². The van der Waals surface area contributed by atoms with Crippen molar-refractivity contribution >= 4 is 16.8 Å². The number of nitrogens with zero attached hydrogens (tertiary/aromatic N) is 2. The zero-order chi connectivity index (χ0) is 17.3. The highest BCUT2D eigenvalue weighted by atomic mass is 16.1. The number of aryl methyl sites for hydroxylation is 1. The average Bonchev–Trinajstić information content (AvgIpc) is 2.95. The van der Waals surface area contributed by atoms with Crippen LogP contribution >= 0.6 is 0 Å². The predicted molar refractivity (Wildman–Crippen MR) is 101 cm³/mol. The molecule has 4 heteroatoms. The molecule has 0 aliphatic carbocycles.